The van der Waals surface area contributed by atoms with Crippen LogP contribution in [0.15, 0.2) is 18.3 Å². The first-order chi connectivity index (χ1) is 32.4. The van der Waals surface area contributed by atoms with E-state index in [9.17, 15) is 65.4 Å². The van der Waals surface area contributed by atoms with E-state index in [1.807, 2.05) is 0 Å². The van der Waals surface area contributed by atoms with Gasteiger partial charge in [0.05, 0.1) is 43.8 Å². The quantitative estimate of drug-likeness (QED) is 0.0603. The van der Waals surface area contributed by atoms with Gasteiger partial charge in [0.15, 0.2) is 12.6 Å². The molecule has 0 bridgehead atoms. The number of hydrogen-bond acceptors (Lipinski definition) is 21. The second-order valence-electron chi connectivity index (χ2n) is 18.0. The smallest absolute Gasteiger partial charge is 0.364 e. The molecule has 3 saturated heterocycles. The number of ether oxygens (including phenoxy) is 6. The highest BCUT2D eigenvalue weighted by Gasteiger charge is 2.55. The van der Waals surface area contributed by atoms with Crippen molar-refractivity contribution in [3.8, 4) is 5.75 Å². The Morgan fingerprint density at radius 1 is 0.926 bits per heavy atom. The van der Waals surface area contributed by atoms with Gasteiger partial charge in [0.25, 0.3) is 11.7 Å². The highest BCUT2D eigenvalue weighted by Crippen LogP contribution is 2.38. The third-order valence-corrected chi connectivity index (χ3v) is 13.0. The Morgan fingerprint density at radius 3 is 2.26 bits per heavy atom. The van der Waals surface area contributed by atoms with Gasteiger partial charge in [-0.3, -0.25) is 9.59 Å². The van der Waals surface area contributed by atoms with Crippen molar-refractivity contribution in [3.05, 3.63) is 40.7 Å². The first-order valence-electron chi connectivity index (χ1n) is 22.8. The summed E-state index contributed by atoms with van der Waals surface area (Å²) >= 11 is 0. The number of aliphatic hydroxyl groups excluding tert-OH is 8. The summed E-state index contributed by atoms with van der Waals surface area (Å²) in [4.78, 5) is 39.4. The first kappa shape index (κ1) is 53.3. The molecule has 1 saturated carbocycles. The van der Waals surface area contributed by atoms with Crippen LogP contribution >= 0.6 is 0 Å². The van der Waals surface area contributed by atoms with E-state index >= 15 is 0 Å². The number of rotatable bonds is 20. The van der Waals surface area contributed by atoms with E-state index in [1.54, 1.807) is 20.0 Å². The maximum atomic E-state index is 13.2. The molecule has 0 spiro atoms. The van der Waals surface area contributed by atoms with E-state index in [-0.39, 0.29) is 50.0 Å². The Balaban J connectivity index is 1.15. The number of nitrogens with two attached hydrogens (primary N) is 1. The number of aliphatic carboxylic acids is 1. The molecule has 1 aromatic carbocycles. The average molecular weight is 971 g/mol. The summed E-state index contributed by atoms with van der Waals surface area (Å²) in [6.45, 7) is 0.601. The standard InChI is InChI=1S/C43H66N6O19/c1-20-10-23(11-21(2)32(20)54)39(60)46-14-24(51)12-28-25(15-45-31(53)17-49-16-26(47-48-49)22-6-4-3-5-7-22)27(52)13-43(68-28,42(61)62)64-19-30-33(55)34(56)36(58)41(66-30)67-38-29(18-50)65-40(63-9-8-44)37(59)35(38)57/h10-11,16,22,24-25,27-30,33-38,40-41,50-52,54-59H,3-9,12-15,17-19,44H2,1-2H3,(H,45,53)(H,46,60)(H,61,62)/t24-,25?,27+,28?,29?,30?,33?,34?,35?,36?,37?,38?,40?,41?,43+/m0/s1. The fraction of sp³-hybridized carbons (Fsp3) is 0.744. The number of nitrogens with one attached hydrogen (secondary N) is 2. The zero-order valence-corrected chi connectivity index (χ0v) is 37.9. The van der Waals surface area contributed by atoms with E-state index in [0.29, 0.717) is 11.1 Å². The van der Waals surface area contributed by atoms with E-state index in [0.717, 1.165) is 37.8 Å². The van der Waals surface area contributed by atoms with Gasteiger partial charge in [-0.25, -0.2) is 9.48 Å². The molecule has 2 aromatic rings. The average Bonchev–Trinajstić information content (AvgIpc) is 3.78. The molecule has 0 radical (unpaired) electrons. The number of carboxylic acids is 1. The molecule has 6 rings (SSSR count). The van der Waals surface area contributed by atoms with Gasteiger partial charge in [-0.2, -0.15) is 0 Å². The van der Waals surface area contributed by atoms with Gasteiger partial charge >= 0.3 is 5.97 Å². The molecule has 15 atom stereocenters. The predicted octanol–water partition coefficient (Wildman–Crippen LogP) is -3.88. The zero-order chi connectivity index (χ0) is 49.4. The van der Waals surface area contributed by atoms with Crippen molar-refractivity contribution < 1.29 is 93.9 Å². The van der Waals surface area contributed by atoms with Crippen LogP contribution < -0.4 is 16.4 Å². The van der Waals surface area contributed by atoms with Crippen molar-refractivity contribution in [1.29, 1.82) is 0 Å². The largest absolute Gasteiger partial charge is 0.507 e. The van der Waals surface area contributed by atoms with Gasteiger partial charge in [0, 0.05) is 56.1 Å². The molecule has 4 aliphatic rings. The SMILES string of the molecule is Cc1cc(C(=O)NC[C@@H](O)CC2O[C@@](OCC3OC(OC4C(CO)OC(OCCN)C(O)C4O)C(O)C(O)C3O)(C(=O)O)C[C@@H](O)C2CNC(=O)Cn2cc(C3CCCCC3)nn2)cc(C)c1O. The third-order valence-electron chi connectivity index (χ3n) is 13.0. The lowest BCUT2D eigenvalue weighted by molar-refractivity contribution is -0.366. The minimum absolute atomic E-state index is 0.0173. The van der Waals surface area contributed by atoms with Crippen LogP contribution in [0.1, 0.15) is 78.0 Å². The summed E-state index contributed by atoms with van der Waals surface area (Å²) in [5.41, 5.74) is 7.31. The van der Waals surface area contributed by atoms with Gasteiger partial charge in [-0.05, 0) is 49.9 Å². The fourth-order valence-corrected chi connectivity index (χ4v) is 9.08. The van der Waals surface area contributed by atoms with Crippen LogP contribution in [0.2, 0.25) is 0 Å². The molecule has 1 aliphatic carbocycles. The fourth-order valence-electron chi connectivity index (χ4n) is 9.08. The second-order valence-corrected chi connectivity index (χ2v) is 18.0. The van der Waals surface area contributed by atoms with Crippen molar-refractivity contribution in [2.75, 3.05) is 39.5 Å². The summed E-state index contributed by atoms with van der Waals surface area (Å²) in [5, 5.41) is 122. The van der Waals surface area contributed by atoms with Gasteiger partial charge in [0.2, 0.25) is 5.91 Å². The van der Waals surface area contributed by atoms with Crippen molar-refractivity contribution in [1.82, 2.24) is 25.6 Å². The number of carboxylic acid groups (broad SMARTS) is 1. The Morgan fingerprint density at radius 2 is 1.60 bits per heavy atom. The summed E-state index contributed by atoms with van der Waals surface area (Å²) in [6.07, 6.45) is -16.3. The monoisotopic (exact) mass is 970 g/mol. The molecular formula is C43H66N6O19. The number of carbonyl (C=O) groups is 3. The van der Waals surface area contributed by atoms with Gasteiger partial charge in [0.1, 0.15) is 61.1 Å². The number of aromatic hydroxyl groups is 1. The van der Waals surface area contributed by atoms with E-state index < -0.39 is 135 Å². The van der Waals surface area contributed by atoms with Crippen molar-refractivity contribution in [3.63, 3.8) is 0 Å². The summed E-state index contributed by atoms with van der Waals surface area (Å²) in [7, 11) is 0. The van der Waals surface area contributed by atoms with Crippen molar-refractivity contribution >= 4 is 17.8 Å². The minimum atomic E-state index is -2.73. The van der Waals surface area contributed by atoms with Gasteiger partial charge < -0.3 is 95.9 Å². The maximum absolute atomic E-state index is 13.2. The lowest BCUT2D eigenvalue weighted by Crippen LogP contribution is -2.65. The molecule has 4 heterocycles. The van der Waals surface area contributed by atoms with Crippen LogP contribution in [0.3, 0.4) is 0 Å². The summed E-state index contributed by atoms with van der Waals surface area (Å²) in [6, 6.07) is 2.91. The number of nitrogens with zero attached hydrogens (tertiary/aromatic N) is 3. The molecule has 25 nitrogen and oxygen atoms in total. The molecular weight excluding hydrogens is 904 g/mol. The number of aryl methyl sites for hydroxylation is 2. The molecule has 2 amide bonds. The molecule has 1 aromatic heterocycles. The number of aromatic nitrogens is 3. The number of phenolic OH excluding ortho intramolecular Hbond substituents is 1. The molecule has 382 valence electrons. The number of carbonyl (C=O) groups excluding carboxylic acids is 2. The van der Waals surface area contributed by atoms with E-state index in [2.05, 4.69) is 20.9 Å². The third kappa shape index (κ3) is 12.6. The summed E-state index contributed by atoms with van der Waals surface area (Å²) < 4.78 is 35.5. The van der Waals surface area contributed by atoms with Crippen LogP contribution in [0, 0.1) is 19.8 Å². The number of hydrogen-bond donors (Lipinski definition) is 13. The highest BCUT2D eigenvalue weighted by molar-refractivity contribution is 5.94. The normalized spacial score (nSPS) is 34.0. The van der Waals surface area contributed by atoms with Crippen LogP contribution in [0.25, 0.3) is 0 Å². The Kier molecular flexibility index (Phi) is 18.6. The topological polar surface area (TPSA) is 390 Å². The molecule has 12 unspecified atom stereocenters. The minimum Gasteiger partial charge on any atom is -0.507 e. The molecule has 14 N–H and O–H groups in total. The first-order valence-corrected chi connectivity index (χ1v) is 22.8. The number of aliphatic hydroxyl groups is 8. The lowest BCUT2D eigenvalue weighted by Gasteiger charge is -2.47. The van der Waals surface area contributed by atoms with Gasteiger partial charge in [-0.15, -0.1) is 5.10 Å². The van der Waals surface area contributed by atoms with Crippen LogP contribution in [-0.4, -0.2) is 209 Å². The Labute approximate surface area is 391 Å². The lowest BCUT2D eigenvalue weighted by atomic mass is 9.84. The second kappa shape index (κ2) is 23.7. The molecule has 25 heteroatoms. The predicted molar refractivity (Wildman–Crippen MR) is 229 cm³/mol. The molecule has 3 aliphatic heterocycles. The highest BCUT2D eigenvalue weighted by atomic mass is 16.8. The summed E-state index contributed by atoms with van der Waals surface area (Å²) in [5.74, 6) is -6.44. The Hall–Kier alpha value is -4.03. The number of phenols is 1. The van der Waals surface area contributed by atoms with Crippen molar-refractivity contribution in [2.24, 2.45) is 11.7 Å². The van der Waals surface area contributed by atoms with Crippen LogP contribution in [0.5, 0.6) is 5.75 Å². The molecule has 4 fully saturated rings. The molecule has 68 heavy (non-hydrogen) atoms. The van der Waals surface area contributed by atoms with Crippen LogP contribution in [0.4, 0.5) is 0 Å². The zero-order valence-electron chi connectivity index (χ0n) is 37.9. The van der Waals surface area contributed by atoms with Crippen molar-refractivity contribution in [2.45, 2.75) is 157 Å². The van der Waals surface area contributed by atoms with Crippen LogP contribution in [-0.2, 0) is 44.6 Å². The van der Waals surface area contributed by atoms with E-state index in [4.69, 9.17) is 34.2 Å². The Bertz CT molecular complexity index is 1970. The van der Waals surface area contributed by atoms with Gasteiger partial charge in [-0.1, -0.05) is 24.5 Å². The maximum Gasteiger partial charge on any atom is 0.364 e. The number of benzene rings is 1. The van der Waals surface area contributed by atoms with E-state index in [1.165, 1.54) is 16.8 Å². The number of amides is 2.